The van der Waals surface area contributed by atoms with Crippen molar-refractivity contribution >= 4 is 17.5 Å². The summed E-state index contributed by atoms with van der Waals surface area (Å²) in [7, 11) is 0. The van der Waals surface area contributed by atoms with E-state index in [0.717, 1.165) is 12.1 Å². The molecule has 0 aliphatic heterocycles. The van der Waals surface area contributed by atoms with E-state index in [0.29, 0.717) is 5.56 Å². The Kier molecular flexibility index (Phi) is 4.69. The summed E-state index contributed by atoms with van der Waals surface area (Å²) in [6.45, 7) is -0.0407. The summed E-state index contributed by atoms with van der Waals surface area (Å²) in [6.07, 6.45) is 0. The van der Waals surface area contributed by atoms with Crippen LogP contribution in [0.2, 0.25) is 0 Å². The standard InChI is InChI=1S/C15H12ClF2NO/c16-14(10-4-2-1-3-5-10)15(20)19-9-11-6-7-12(17)8-13(11)18/h1-8,14H,9H2,(H,19,20). The number of rotatable bonds is 4. The molecule has 0 bridgehead atoms. The minimum absolute atomic E-state index is 0.0407. The number of amides is 1. The van der Waals surface area contributed by atoms with Crippen LogP contribution in [-0.2, 0) is 11.3 Å². The lowest BCUT2D eigenvalue weighted by atomic mass is 10.1. The molecule has 1 atom stereocenters. The van der Waals surface area contributed by atoms with Crippen LogP contribution in [-0.4, -0.2) is 5.91 Å². The molecule has 2 aromatic rings. The monoisotopic (exact) mass is 295 g/mol. The molecule has 0 aromatic heterocycles. The maximum Gasteiger partial charge on any atom is 0.242 e. The van der Waals surface area contributed by atoms with E-state index in [4.69, 9.17) is 11.6 Å². The fourth-order valence-electron chi connectivity index (χ4n) is 1.71. The van der Waals surface area contributed by atoms with Gasteiger partial charge in [0.25, 0.3) is 0 Å². The lowest BCUT2D eigenvalue weighted by Gasteiger charge is -2.11. The second-order valence-electron chi connectivity index (χ2n) is 4.23. The summed E-state index contributed by atoms with van der Waals surface area (Å²) in [4.78, 5) is 11.9. The predicted molar refractivity (Wildman–Crippen MR) is 73.2 cm³/mol. The van der Waals surface area contributed by atoms with Gasteiger partial charge in [-0.05, 0) is 11.6 Å². The van der Waals surface area contributed by atoms with Crippen molar-refractivity contribution in [3.8, 4) is 0 Å². The zero-order valence-corrected chi connectivity index (χ0v) is 11.2. The van der Waals surface area contributed by atoms with Gasteiger partial charge in [-0.25, -0.2) is 8.78 Å². The molecular formula is C15H12ClF2NO. The van der Waals surface area contributed by atoms with Gasteiger partial charge in [-0.2, -0.15) is 0 Å². The molecule has 1 N–H and O–H groups in total. The van der Waals surface area contributed by atoms with Crippen LogP contribution in [0.1, 0.15) is 16.5 Å². The van der Waals surface area contributed by atoms with Crippen LogP contribution in [0.5, 0.6) is 0 Å². The summed E-state index contributed by atoms with van der Waals surface area (Å²) < 4.78 is 26.1. The Morgan fingerprint density at radius 3 is 2.50 bits per heavy atom. The molecule has 2 aromatic carbocycles. The molecule has 0 aliphatic rings. The summed E-state index contributed by atoms with van der Waals surface area (Å²) in [5, 5.41) is 1.68. The van der Waals surface area contributed by atoms with E-state index >= 15 is 0 Å². The van der Waals surface area contributed by atoms with Crippen LogP contribution >= 0.6 is 11.6 Å². The molecule has 0 heterocycles. The van der Waals surface area contributed by atoms with Gasteiger partial charge < -0.3 is 5.32 Å². The first-order chi connectivity index (χ1) is 9.58. The van der Waals surface area contributed by atoms with Crippen molar-refractivity contribution in [1.82, 2.24) is 5.32 Å². The number of hydrogen-bond acceptors (Lipinski definition) is 1. The van der Waals surface area contributed by atoms with Gasteiger partial charge in [0.15, 0.2) is 0 Å². The van der Waals surface area contributed by atoms with Crippen molar-refractivity contribution < 1.29 is 13.6 Å². The molecule has 0 radical (unpaired) electrons. The highest BCUT2D eigenvalue weighted by molar-refractivity contribution is 6.30. The molecule has 0 saturated carbocycles. The van der Waals surface area contributed by atoms with Crippen LogP contribution in [0, 0.1) is 11.6 Å². The number of carbonyl (C=O) groups is 1. The van der Waals surface area contributed by atoms with Gasteiger partial charge in [-0.15, -0.1) is 11.6 Å². The largest absolute Gasteiger partial charge is 0.350 e. The highest BCUT2D eigenvalue weighted by Gasteiger charge is 2.17. The van der Waals surface area contributed by atoms with Crippen LogP contribution < -0.4 is 5.32 Å². The third kappa shape index (κ3) is 3.54. The molecule has 104 valence electrons. The van der Waals surface area contributed by atoms with E-state index in [1.165, 1.54) is 6.07 Å². The molecule has 5 heteroatoms. The lowest BCUT2D eigenvalue weighted by molar-refractivity contribution is -0.121. The lowest BCUT2D eigenvalue weighted by Crippen LogP contribution is -2.26. The minimum atomic E-state index is -0.847. The molecule has 0 saturated heterocycles. The van der Waals surface area contributed by atoms with Gasteiger partial charge in [-0.1, -0.05) is 36.4 Å². The van der Waals surface area contributed by atoms with Gasteiger partial charge in [0.2, 0.25) is 5.91 Å². The van der Waals surface area contributed by atoms with E-state index in [1.807, 2.05) is 6.07 Å². The molecule has 1 amide bonds. The minimum Gasteiger partial charge on any atom is -0.350 e. The molecule has 0 spiro atoms. The van der Waals surface area contributed by atoms with Gasteiger partial charge >= 0.3 is 0 Å². The third-order valence-corrected chi connectivity index (χ3v) is 3.24. The number of halogens is 3. The van der Waals surface area contributed by atoms with Crippen molar-refractivity contribution in [2.24, 2.45) is 0 Å². The van der Waals surface area contributed by atoms with Crippen LogP contribution in [0.4, 0.5) is 8.78 Å². The van der Waals surface area contributed by atoms with E-state index in [-0.39, 0.29) is 12.1 Å². The highest BCUT2D eigenvalue weighted by Crippen LogP contribution is 2.20. The van der Waals surface area contributed by atoms with Crippen molar-refractivity contribution in [3.63, 3.8) is 0 Å². The van der Waals surface area contributed by atoms with Crippen LogP contribution in [0.15, 0.2) is 48.5 Å². The van der Waals surface area contributed by atoms with E-state index in [1.54, 1.807) is 24.3 Å². The van der Waals surface area contributed by atoms with Gasteiger partial charge in [-0.3, -0.25) is 4.79 Å². The number of benzene rings is 2. The zero-order valence-electron chi connectivity index (χ0n) is 10.4. The fourth-order valence-corrected chi connectivity index (χ4v) is 1.93. The molecular weight excluding hydrogens is 284 g/mol. The van der Waals surface area contributed by atoms with E-state index in [9.17, 15) is 13.6 Å². The molecule has 0 aliphatic carbocycles. The Morgan fingerprint density at radius 2 is 1.85 bits per heavy atom. The first-order valence-electron chi connectivity index (χ1n) is 5.98. The van der Waals surface area contributed by atoms with Gasteiger partial charge in [0.05, 0.1) is 0 Å². The Labute approximate surface area is 120 Å². The third-order valence-electron chi connectivity index (χ3n) is 2.79. The molecule has 20 heavy (non-hydrogen) atoms. The van der Waals surface area contributed by atoms with Crippen molar-refractivity contribution in [1.29, 1.82) is 0 Å². The van der Waals surface area contributed by atoms with Crippen LogP contribution in [0.25, 0.3) is 0 Å². The smallest absolute Gasteiger partial charge is 0.242 e. The predicted octanol–water partition coefficient (Wildman–Crippen LogP) is 3.56. The number of hydrogen-bond donors (Lipinski definition) is 1. The highest BCUT2D eigenvalue weighted by atomic mass is 35.5. The summed E-state index contributed by atoms with van der Waals surface area (Å²) in [5.41, 5.74) is 0.864. The topological polar surface area (TPSA) is 29.1 Å². The number of nitrogens with one attached hydrogen (secondary N) is 1. The Bertz CT molecular complexity index is 604. The molecule has 2 nitrogen and oxygen atoms in total. The first kappa shape index (κ1) is 14.5. The summed E-state index contributed by atoms with van der Waals surface area (Å²) in [5.74, 6) is -1.78. The SMILES string of the molecule is O=C(NCc1ccc(F)cc1F)C(Cl)c1ccccc1. The quantitative estimate of drug-likeness (QED) is 0.859. The summed E-state index contributed by atoms with van der Waals surface area (Å²) >= 11 is 6.02. The van der Waals surface area contributed by atoms with Crippen molar-refractivity contribution in [3.05, 3.63) is 71.3 Å². The summed E-state index contributed by atoms with van der Waals surface area (Å²) in [6, 6.07) is 12.0. The second kappa shape index (κ2) is 6.48. The molecule has 2 rings (SSSR count). The van der Waals surface area contributed by atoms with E-state index in [2.05, 4.69) is 5.32 Å². The second-order valence-corrected chi connectivity index (χ2v) is 4.66. The first-order valence-corrected chi connectivity index (χ1v) is 6.42. The Hall–Kier alpha value is -1.94. The zero-order chi connectivity index (χ0) is 14.5. The average molecular weight is 296 g/mol. The number of carbonyl (C=O) groups excluding carboxylic acids is 1. The normalized spacial score (nSPS) is 11.9. The average Bonchev–Trinajstić information content (AvgIpc) is 2.46. The fraction of sp³-hybridized carbons (Fsp3) is 0.133. The Morgan fingerprint density at radius 1 is 1.15 bits per heavy atom. The number of alkyl halides is 1. The van der Waals surface area contributed by atoms with Crippen molar-refractivity contribution in [2.75, 3.05) is 0 Å². The molecule has 0 fully saturated rings. The molecule has 1 unspecified atom stereocenters. The maximum atomic E-state index is 13.4. The van der Waals surface area contributed by atoms with Gasteiger partial charge in [0.1, 0.15) is 17.0 Å². The Balaban J connectivity index is 1.98. The van der Waals surface area contributed by atoms with Crippen molar-refractivity contribution in [2.45, 2.75) is 11.9 Å². The maximum absolute atomic E-state index is 13.4. The van der Waals surface area contributed by atoms with E-state index < -0.39 is 22.9 Å². The van der Waals surface area contributed by atoms with Crippen LogP contribution in [0.3, 0.4) is 0 Å². The van der Waals surface area contributed by atoms with Gasteiger partial charge in [0, 0.05) is 18.2 Å².